The predicted molar refractivity (Wildman–Crippen MR) is 77.3 cm³/mol. The molecule has 0 aliphatic carbocycles. The molecule has 0 saturated carbocycles. The summed E-state index contributed by atoms with van der Waals surface area (Å²) in [6.45, 7) is 5.37. The molecule has 1 aliphatic rings. The molecule has 19 heavy (non-hydrogen) atoms. The second-order valence-electron chi connectivity index (χ2n) is 5.24. The Morgan fingerprint density at radius 3 is 2.74 bits per heavy atom. The Morgan fingerprint density at radius 2 is 2.11 bits per heavy atom. The summed E-state index contributed by atoms with van der Waals surface area (Å²) in [6, 6.07) is 4.53. The zero-order valence-corrected chi connectivity index (χ0v) is 12.3. The van der Waals surface area contributed by atoms with Gasteiger partial charge in [-0.25, -0.2) is 0 Å². The highest BCUT2D eigenvalue weighted by molar-refractivity contribution is 5.46. The lowest BCUT2D eigenvalue weighted by molar-refractivity contribution is 0.237. The van der Waals surface area contributed by atoms with E-state index in [-0.39, 0.29) is 0 Å². The second-order valence-corrected chi connectivity index (χ2v) is 5.24. The summed E-state index contributed by atoms with van der Waals surface area (Å²) in [5.74, 6) is 1.78. The standard InChI is InChI=1S/C15H24N2O2/c1-11-7-13(18-3)9-15(19-4)14(11)8-12-10-17(2)6-5-16-12/h7,9,12,16H,5-6,8,10H2,1-4H3. The molecule has 1 unspecified atom stereocenters. The first-order valence-electron chi connectivity index (χ1n) is 6.77. The number of rotatable bonds is 4. The van der Waals surface area contributed by atoms with Crippen LogP contribution < -0.4 is 14.8 Å². The van der Waals surface area contributed by atoms with Crippen molar-refractivity contribution in [1.82, 2.24) is 10.2 Å². The lowest BCUT2D eigenvalue weighted by Gasteiger charge is -2.31. The molecular weight excluding hydrogens is 240 g/mol. The van der Waals surface area contributed by atoms with E-state index in [4.69, 9.17) is 9.47 Å². The largest absolute Gasteiger partial charge is 0.497 e. The summed E-state index contributed by atoms with van der Waals surface area (Å²) in [7, 11) is 5.58. The molecule has 0 spiro atoms. The first kappa shape index (κ1) is 14.2. The number of ether oxygens (including phenoxy) is 2. The third-order valence-corrected chi connectivity index (χ3v) is 3.77. The van der Waals surface area contributed by atoms with Crippen LogP contribution in [0.3, 0.4) is 0 Å². The zero-order valence-electron chi connectivity index (χ0n) is 12.3. The van der Waals surface area contributed by atoms with Crippen molar-refractivity contribution in [3.8, 4) is 11.5 Å². The topological polar surface area (TPSA) is 33.7 Å². The van der Waals surface area contributed by atoms with E-state index in [1.165, 1.54) is 11.1 Å². The molecule has 1 aromatic rings. The fraction of sp³-hybridized carbons (Fsp3) is 0.600. The van der Waals surface area contributed by atoms with E-state index < -0.39 is 0 Å². The molecular formula is C15H24N2O2. The van der Waals surface area contributed by atoms with Gasteiger partial charge in [-0.1, -0.05) is 0 Å². The summed E-state index contributed by atoms with van der Waals surface area (Å²) in [5, 5.41) is 3.58. The van der Waals surface area contributed by atoms with Crippen LogP contribution in [0.5, 0.6) is 11.5 Å². The third kappa shape index (κ3) is 3.39. The van der Waals surface area contributed by atoms with Gasteiger partial charge in [0, 0.05) is 31.7 Å². The van der Waals surface area contributed by atoms with Crippen molar-refractivity contribution in [3.63, 3.8) is 0 Å². The van der Waals surface area contributed by atoms with Gasteiger partial charge < -0.3 is 19.7 Å². The van der Waals surface area contributed by atoms with Crippen molar-refractivity contribution in [1.29, 1.82) is 0 Å². The van der Waals surface area contributed by atoms with E-state index in [1.54, 1.807) is 14.2 Å². The van der Waals surface area contributed by atoms with Crippen LogP contribution in [0.25, 0.3) is 0 Å². The minimum Gasteiger partial charge on any atom is -0.497 e. The van der Waals surface area contributed by atoms with Crippen molar-refractivity contribution in [2.75, 3.05) is 40.9 Å². The van der Waals surface area contributed by atoms with Gasteiger partial charge in [-0.3, -0.25) is 0 Å². The molecule has 1 saturated heterocycles. The van der Waals surface area contributed by atoms with E-state index >= 15 is 0 Å². The van der Waals surface area contributed by atoms with Crippen LogP contribution in [0.2, 0.25) is 0 Å². The number of piperazine rings is 1. The smallest absolute Gasteiger partial charge is 0.126 e. The quantitative estimate of drug-likeness (QED) is 0.892. The maximum Gasteiger partial charge on any atom is 0.126 e. The van der Waals surface area contributed by atoms with Crippen molar-refractivity contribution in [2.24, 2.45) is 0 Å². The molecule has 1 aromatic carbocycles. The van der Waals surface area contributed by atoms with Gasteiger partial charge in [-0.15, -0.1) is 0 Å². The highest BCUT2D eigenvalue weighted by Crippen LogP contribution is 2.29. The lowest BCUT2D eigenvalue weighted by atomic mass is 9.98. The van der Waals surface area contributed by atoms with Gasteiger partial charge in [0.15, 0.2) is 0 Å². The summed E-state index contributed by atoms with van der Waals surface area (Å²) in [4.78, 5) is 2.37. The number of hydrogen-bond acceptors (Lipinski definition) is 4. The fourth-order valence-corrected chi connectivity index (χ4v) is 2.69. The van der Waals surface area contributed by atoms with Gasteiger partial charge in [0.2, 0.25) is 0 Å². The lowest BCUT2D eigenvalue weighted by Crippen LogP contribution is -2.50. The Bertz CT molecular complexity index is 434. The van der Waals surface area contributed by atoms with Crippen molar-refractivity contribution in [2.45, 2.75) is 19.4 Å². The number of methoxy groups -OCH3 is 2. The van der Waals surface area contributed by atoms with Crippen molar-refractivity contribution >= 4 is 0 Å². The number of likely N-dealkylation sites (N-methyl/N-ethyl adjacent to an activating group) is 1. The molecule has 0 amide bonds. The van der Waals surface area contributed by atoms with E-state index in [0.29, 0.717) is 6.04 Å². The van der Waals surface area contributed by atoms with Crippen molar-refractivity contribution in [3.05, 3.63) is 23.3 Å². The molecule has 0 aromatic heterocycles. The van der Waals surface area contributed by atoms with E-state index in [2.05, 4.69) is 30.3 Å². The molecule has 1 heterocycles. The molecule has 106 valence electrons. The molecule has 4 nitrogen and oxygen atoms in total. The fourth-order valence-electron chi connectivity index (χ4n) is 2.69. The minimum atomic E-state index is 0.486. The average Bonchev–Trinajstić information content (AvgIpc) is 2.40. The van der Waals surface area contributed by atoms with E-state index in [0.717, 1.165) is 37.6 Å². The van der Waals surface area contributed by atoms with E-state index in [9.17, 15) is 0 Å². The third-order valence-electron chi connectivity index (χ3n) is 3.77. The van der Waals surface area contributed by atoms with Gasteiger partial charge in [0.25, 0.3) is 0 Å². The summed E-state index contributed by atoms with van der Waals surface area (Å²) < 4.78 is 10.8. The average molecular weight is 264 g/mol. The molecule has 2 rings (SSSR count). The highest BCUT2D eigenvalue weighted by atomic mass is 16.5. The Balaban J connectivity index is 2.18. The van der Waals surface area contributed by atoms with Crippen LogP contribution in [0.4, 0.5) is 0 Å². The Morgan fingerprint density at radius 1 is 1.32 bits per heavy atom. The summed E-state index contributed by atoms with van der Waals surface area (Å²) in [6.07, 6.45) is 0.989. The first-order valence-corrected chi connectivity index (χ1v) is 6.77. The molecule has 4 heteroatoms. The Kier molecular flexibility index (Phi) is 4.66. The first-order chi connectivity index (χ1) is 9.13. The van der Waals surface area contributed by atoms with Crippen molar-refractivity contribution < 1.29 is 9.47 Å². The Labute approximate surface area is 115 Å². The molecule has 0 radical (unpaired) electrons. The predicted octanol–water partition coefficient (Wildman–Crippen LogP) is 1.46. The SMILES string of the molecule is COc1cc(C)c(CC2CN(C)CCN2)c(OC)c1. The molecule has 1 fully saturated rings. The Hall–Kier alpha value is -1.26. The summed E-state index contributed by atoms with van der Waals surface area (Å²) >= 11 is 0. The summed E-state index contributed by atoms with van der Waals surface area (Å²) in [5.41, 5.74) is 2.50. The number of nitrogens with one attached hydrogen (secondary N) is 1. The number of benzene rings is 1. The number of hydrogen-bond donors (Lipinski definition) is 1. The molecule has 1 atom stereocenters. The molecule has 0 bridgehead atoms. The van der Waals surface area contributed by atoms with Crippen LogP contribution in [-0.2, 0) is 6.42 Å². The van der Waals surface area contributed by atoms with Crippen LogP contribution in [-0.4, -0.2) is 51.8 Å². The normalized spacial score (nSPS) is 20.3. The number of nitrogens with zero attached hydrogens (tertiary/aromatic N) is 1. The maximum atomic E-state index is 5.52. The monoisotopic (exact) mass is 264 g/mol. The van der Waals surface area contributed by atoms with Crippen LogP contribution in [0.15, 0.2) is 12.1 Å². The molecule has 1 aliphatic heterocycles. The van der Waals surface area contributed by atoms with Gasteiger partial charge in [0.1, 0.15) is 11.5 Å². The minimum absolute atomic E-state index is 0.486. The van der Waals surface area contributed by atoms with Crippen LogP contribution >= 0.6 is 0 Å². The maximum absolute atomic E-state index is 5.52. The second kappa shape index (κ2) is 6.26. The van der Waals surface area contributed by atoms with E-state index in [1.807, 2.05) is 6.07 Å². The zero-order chi connectivity index (χ0) is 13.8. The van der Waals surface area contributed by atoms with Crippen LogP contribution in [0, 0.1) is 6.92 Å². The highest BCUT2D eigenvalue weighted by Gasteiger charge is 2.20. The van der Waals surface area contributed by atoms with Gasteiger partial charge in [-0.05, 0) is 37.6 Å². The van der Waals surface area contributed by atoms with Gasteiger partial charge in [-0.2, -0.15) is 0 Å². The molecule has 1 N–H and O–H groups in total. The number of aryl methyl sites for hydroxylation is 1. The van der Waals surface area contributed by atoms with Gasteiger partial charge in [0.05, 0.1) is 14.2 Å². The van der Waals surface area contributed by atoms with Gasteiger partial charge >= 0.3 is 0 Å². The van der Waals surface area contributed by atoms with Crippen LogP contribution in [0.1, 0.15) is 11.1 Å².